The quantitative estimate of drug-likeness (QED) is 0.483. The second-order valence-electron chi connectivity index (χ2n) is 5.54. The van der Waals surface area contributed by atoms with Crippen LogP contribution < -0.4 is 5.73 Å². The monoisotopic (exact) mass is 410 g/mol. The highest BCUT2D eigenvalue weighted by Crippen LogP contribution is 2.37. The van der Waals surface area contributed by atoms with Gasteiger partial charge < -0.3 is 10.7 Å². The van der Waals surface area contributed by atoms with Crippen LogP contribution in [-0.4, -0.2) is 11.5 Å². The third-order valence-corrected chi connectivity index (χ3v) is 5.04. The van der Waals surface area contributed by atoms with Crippen molar-refractivity contribution in [2.24, 2.45) is 5.73 Å². The predicted octanol–water partition coefficient (Wildman–Crippen LogP) is 6.19. The Morgan fingerprint density at radius 3 is 2.43 bits per heavy atom. The zero-order chi connectivity index (χ0) is 16.4. The number of unbranched alkanes of at least 4 members (excludes halogenated alkanes) is 1. The first-order valence-electron chi connectivity index (χ1n) is 7.55. The average molecular weight is 412 g/mol. The summed E-state index contributed by atoms with van der Waals surface area (Å²) in [6.45, 7) is 0.711. The third kappa shape index (κ3) is 3.58. The molecule has 0 spiro atoms. The Bertz CT molecular complexity index is 825. The Kier molecular flexibility index (Phi) is 5.32. The SMILES string of the molecule is NCCCCc1c(-c2ccc(Cl)cc2)[nH]c2c(Br)cc(Cl)cc12. The molecule has 0 amide bonds. The van der Waals surface area contributed by atoms with Crippen molar-refractivity contribution in [1.29, 1.82) is 0 Å². The Morgan fingerprint density at radius 2 is 1.74 bits per heavy atom. The highest BCUT2D eigenvalue weighted by molar-refractivity contribution is 9.10. The number of hydrogen-bond acceptors (Lipinski definition) is 1. The van der Waals surface area contributed by atoms with Gasteiger partial charge in [0.15, 0.2) is 0 Å². The van der Waals surface area contributed by atoms with E-state index in [1.165, 1.54) is 5.56 Å². The molecule has 0 atom stereocenters. The van der Waals surface area contributed by atoms with Gasteiger partial charge in [0.1, 0.15) is 0 Å². The number of hydrogen-bond donors (Lipinski definition) is 2. The predicted molar refractivity (Wildman–Crippen MR) is 103 cm³/mol. The van der Waals surface area contributed by atoms with Crippen molar-refractivity contribution in [3.63, 3.8) is 0 Å². The Hall–Kier alpha value is -1.00. The lowest BCUT2D eigenvalue weighted by molar-refractivity contribution is 0.748. The standard InChI is InChI=1S/C18H17BrCl2N2/c19-16-10-13(21)9-15-14(3-1-2-8-22)17(23-18(15)16)11-4-6-12(20)7-5-11/h4-7,9-10,23H,1-3,8,22H2. The maximum atomic E-state index is 6.25. The summed E-state index contributed by atoms with van der Waals surface area (Å²) in [7, 11) is 0. The molecule has 2 aromatic carbocycles. The number of nitrogens with two attached hydrogens (primary N) is 1. The molecule has 3 rings (SSSR count). The Morgan fingerprint density at radius 1 is 1.00 bits per heavy atom. The van der Waals surface area contributed by atoms with Crippen molar-refractivity contribution in [3.8, 4) is 11.3 Å². The van der Waals surface area contributed by atoms with E-state index in [1.807, 2.05) is 36.4 Å². The van der Waals surface area contributed by atoms with Crippen LogP contribution in [0.3, 0.4) is 0 Å². The van der Waals surface area contributed by atoms with Crippen LogP contribution >= 0.6 is 39.1 Å². The van der Waals surface area contributed by atoms with E-state index in [0.717, 1.165) is 55.9 Å². The number of aromatic nitrogens is 1. The summed E-state index contributed by atoms with van der Waals surface area (Å²) >= 11 is 15.9. The lowest BCUT2D eigenvalue weighted by atomic mass is 10.0. The summed E-state index contributed by atoms with van der Waals surface area (Å²) in [5, 5.41) is 2.62. The molecule has 0 aliphatic carbocycles. The van der Waals surface area contributed by atoms with Gasteiger partial charge in [0.05, 0.1) is 5.52 Å². The van der Waals surface area contributed by atoms with Gasteiger partial charge in [-0.3, -0.25) is 0 Å². The molecule has 0 saturated heterocycles. The fraction of sp³-hybridized carbons (Fsp3) is 0.222. The number of benzene rings is 2. The smallest absolute Gasteiger partial charge is 0.0607 e. The number of rotatable bonds is 5. The fourth-order valence-electron chi connectivity index (χ4n) is 2.84. The van der Waals surface area contributed by atoms with E-state index < -0.39 is 0 Å². The Labute approximate surface area is 154 Å². The molecule has 2 nitrogen and oxygen atoms in total. The highest BCUT2D eigenvalue weighted by atomic mass is 79.9. The molecule has 120 valence electrons. The van der Waals surface area contributed by atoms with Crippen LogP contribution in [0.15, 0.2) is 40.9 Å². The topological polar surface area (TPSA) is 41.8 Å². The first kappa shape index (κ1) is 16.8. The first-order valence-corrected chi connectivity index (χ1v) is 9.10. The summed E-state index contributed by atoms with van der Waals surface area (Å²) in [5.74, 6) is 0. The van der Waals surface area contributed by atoms with Crippen LogP contribution in [0.1, 0.15) is 18.4 Å². The maximum Gasteiger partial charge on any atom is 0.0607 e. The normalized spacial score (nSPS) is 11.3. The van der Waals surface area contributed by atoms with Gasteiger partial charge in [0.25, 0.3) is 0 Å². The van der Waals surface area contributed by atoms with E-state index in [9.17, 15) is 0 Å². The van der Waals surface area contributed by atoms with Crippen molar-refractivity contribution in [2.75, 3.05) is 6.54 Å². The minimum Gasteiger partial charge on any atom is -0.353 e. The molecule has 5 heteroatoms. The number of fused-ring (bicyclic) bond motifs is 1. The van der Waals surface area contributed by atoms with Gasteiger partial charge in [0, 0.05) is 25.6 Å². The van der Waals surface area contributed by atoms with Gasteiger partial charge in [-0.2, -0.15) is 0 Å². The molecular formula is C18H17BrCl2N2. The molecule has 1 heterocycles. The first-order chi connectivity index (χ1) is 11.1. The molecule has 0 aliphatic heterocycles. The van der Waals surface area contributed by atoms with Crippen LogP contribution in [-0.2, 0) is 6.42 Å². The largest absolute Gasteiger partial charge is 0.353 e. The van der Waals surface area contributed by atoms with Crippen molar-refractivity contribution >= 4 is 50.0 Å². The van der Waals surface area contributed by atoms with Crippen molar-refractivity contribution in [2.45, 2.75) is 19.3 Å². The highest BCUT2D eigenvalue weighted by Gasteiger charge is 2.15. The molecule has 0 bridgehead atoms. The van der Waals surface area contributed by atoms with Crippen LogP contribution in [0.2, 0.25) is 10.0 Å². The van der Waals surface area contributed by atoms with Gasteiger partial charge in [0.2, 0.25) is 0 Å². The molecule has 0 radical (unpaired) electrons. The molecule has 1 aromatic heterocycles. The van der Waals surface area contributed by atoms with Crippen LogP contribution in [0.25, 0.3) is 22.2 Å². The fourth-order valence-corrected chi connectivity index (χ4v) is 3.88. The molecule has 23 heavy (non-hydrogen) atoms. The number of nitrogens with one attached hydrogen (secondary N) is 1. The Balaban J connectivity index is 2.16. The van der Waals surface area contributed by atoms with Gasteiger partial charge >= 0.3 is 0 Å². The molecule has 0 aliphatic rings. The van der Waals surface area contributed by atoms with E-state index in [1.54, 1.807) is 0 Å². The zero-order valence-corrected chi connectivity index (χ0v) is 15.6. The average Bonchev–Trinajstić information content (AvgIpc) is 2.87. The van der Waals surface area contributed by atoms with Gasteiger partial charge in [-0.15, -0.1) is 0 Å². The van der Waals surface area contributed by atoms with Crippen molar-refractivity contribution in [3.05, 3.63) is 56.5 Å². The van der Waals surface area contributed by atoms with Gasteiger partial charge in [-0.1, -0.05) is 35.3 Å². The van der Waals surface area contributed by atoms with E-state index in [-0.39, 0.29) is 0 Å². The van der Waals surface area contributed by atoms with E-state index in [4.69, 9.17) is 28.9 Å². The molecule has 3 N–H and O–H groups in total. The zero-order valence-electron chi connectivity index (χ0n) is 12.5. The van der Waals surface area contributed by atoms with Crippen LogP contribution in [0.5, 0.6) is 0 Å². The van der Waals surface area contributed by atoms with Crippen molar-refractivity contribution in [1.82, 2.24) is 4.98 Å². The summed E-state index contributed by atoms with van der Waals surface area (Å²) in [6.07, 6.45) is 3.02. The van der Waals surface area contributed by atoms with Gasteiger partial charge in [-0.05, 0) is 77.1 Å². The number of H-pyrrole nitrogens is 1. The van der Waals surface area contributed by atoms with E-state index >= 15 is 0 Å². The summed E-state index contributed by atoms with van der Waals surface area (Å²) in [6, 6.07) is 11.8. The second kappa shape index (κ2) is 7.27. The van der Waals surface area contributed by atoms with E-state index in [0.29, 0.717) is 6.54 Å². The number of aromatic amines is 1. The summed E-state index contributed by atoms with van der Waals surface area (Å²) < 4.78 is 0.972. The lowest BCUT2D eigenvalue weighted by Crippen LogP contribution is -1.99. The summed E-state index contributed by atoms with van der Waals surface area (Å²) in [5.41, 5.74) is 10.2. The van der Waals surface area contributed by atoms with Gasteiger partial charge in [-0.25, -0.2) is 0 Å². The number of halogens is 3. The van der Waals surface area contributed by atoms with Crippen molar-refractivity contribution < 1.29 is 0 Å². The molecule has 0 saturated carbocycles. The van der Waals surface area contributed by atoms with Crippen LogP contribution in [0.4, 0.5) is 0 Å². The lowest BCUT2D eigenvalue weighted by Gasteiger charge is -2.05. The third-order valence-electron chi connectivity index (χ3n) is 3.95. The minimum absolute atomic E-state index is 0.711. The minimum atomic E-state index is 0.711. The molecular weight excluding hydrogens is 395 g/mol. The van der Waals surface area contributed by atoms with Crippen LogP contribution in [0, 0.1) is 0 Å². The second-order valence-corrected chi connectivity index (χ2v) is 7.27. The van der Waals surface area contributed by atoms with E-state index in [2.05, 4.69) is 20.9 Å². The molecule has 0 unspecified atom stereocenters. The number of aryl methyl sites for hydroxylation is 1. The summed E-state index contributed by atoms with van der Waals surface area (Å²) in [4.78, 5) is 3.54. The maximum absolute atomic E-state index is 6.25. The molecule has 3 aromatic rings. The molecule has 0 fully saturated rings.